The molecule has 2 N–H and O–H groups in total. The zero-order chi connectivity index (χ0) is 22.3. The fraction of sp³-hybridized carbons (Fsp3) is 0.680. The van der Waals surface area contributed by atoms with Crippen LogP contribution in [-0.2, 0) is 4.79 Å². The molecule has 3 aliphatic rings. The van der Waals surface area contributed by atoms with Crippen LogP contribution in [0.4, 0.5) is 5.69 Å². The Bertz CT molecular complexity index is 799. The number of nitrogens with zero attached hydrogens (tertiary/aromatic N) is 3. The lowest BCUT2D eigenvalue weighted by Crippen LogP contribution is -2.45. The number of carbonyl (C=O) groups excluding carboxylic acids is 1. The molecule has 33 heavy (non-hydrogen) atoms. The molecule has 2 saturated heterocycles. The van der Waals surface area contributed by atoms with Gasteiger partial charge in [-0.25, -0.2) is 0 Å². The van der Waals surface area contributed by atoms with Gasteiger partial charge in [0.1, 0.15) is 5.75 Å². The second-order valence-corrected chi connectivity index (χ2v) is 9.42. The second-order valence-electron chi connectivity index (χ2n) is 9.42. The Hall–Kier alpha value is -1.71. The van der Waals surface area contributed by atoms with Gasteiger partial charge in [-0.15, -0.1) is 24.0 Å². The molecule has 2 heterocycles. The van der Waals surface area contributed by atoms with Crippen LogP contribution in [0.3, 0.4) is 0 Å². The van der Waals surface area contributed by atoms with Gasteiger partial charge in [0.25, 0.3) is 0 Å². The highest BCUT2D eigenvalue weighted by Crippen LogP contribution is 2.28. The van der Waals surface area contributed by atoms with Gasteiger partial charge >= 0.3 is 0 Å². The van der Waals surface area contributed by atoms with E-state index in [2.05, 4.69) is 45.6 Å². The van der Waals surface area contributed by atoms with E-state index >= 15 is 0 Å². The molecule has 4 rings (SSSR count). The average molecular weight is 570 g/mol. The van der Waals surface area contributed by atoms with E-state index in [9.17, 15) is 4.79 Å². The maximum atomic E-state index is 12.7. The van der Waals surface area contributed by atoms with E-state index in [4.69, 9.17) is 9.73 Å². The lowest BCUT2D eigenvalue weighted by molar-refractivity contribution is -0.134. The van der Waals surface area contributed by atoms with Crippen LogP contribution in [0.15, 0.2) is 29.3 Å². The van der Waals surface area contributed by atoms with Crippen LogP contribution in [0.1, 0.15) is 45.4 Å². The van der Waals surface area contributed by atoms with Crippen molar-refractivity contribution in [2.45, 2.75) is 51.5 Å². The highest BCUT2D eigenvalue weighted by molar-refractivity contribution is 14.0. The van der Waals surface area contributed by atoms with Crippen LogP contribution < -0.4 is 20.3 Å². The van der Waals surface area contributed by atoms with Gasteiger partial charge in [-0.2, -0.15) is 0 Å². The van der Waals surface area contributed by atoms with Crippen LogP contribution in [0.2, 0.25) is 0 Å². The van der Waals surface area contributed by atoms with Crippen molar-refractivity contribution in [2.75, 3.05) is 51.3 Å². The number of halogens is 1. The number of carbonyl (C=O) groups is 1. The third kappa shape index (κ3) is 6.90. The first-order valence-electron chi connectivity index (χ1n) is 12.4. The molecule has 1 amide bonds. The van der Waals surface area contributed by atoms with Gasteiger partial charge in [-0.1, -0.05) is 18.9 Å². The minimum absolute atomic E-state index is 0. The maximum Gasteiger partial charge on any atom is 0.225 e. The molecule has 1 aliphatic carbocycles. The summed E-state index contributed by atoms with van der Waals surface area (Å²) < 4.78 is 5.37. The van der Waals surface area contributed by atoms with Crippen molar-refractivity contribution in [3.05, 3.63) is 24.3 Å². The Balaban J connectivity index is 0.00000306. The smallest absolute Gasteiger partial charge is 0.225 e. The highest BCUT2D eigenvalue weighted by Gasteiger charge is 2.32. The molecule has 1 saturated carbocycles. The number of rotatable bonds is 7. The van der Waals surface area contributed by atoms with E-state index < -0.39 is 0 Å². The molecule has 2 aliphatic heterocycles. The van der Waals surface area contributed by atoms with E-state index in [1.165, 1.54) is 18.5 Å². The number of guanidine groups is 1. The summed E-state index contributed by atoms with van der Waals surface area (Å²) in [6.45, 7) is 7.48. The van der Waals surface area contributed by atoms with Crippen LogP contribution >= 0.6 is 24.0 Å². The normalized spacial score (nSPS) is 23.5. The predicted octanol–water partition coefficient (Wildman–Crippen LogP) is 3.49. The van der Waals surface area contributed by atoms with Gasteiger partial charge in [-0.05, 0) is 50.7 Å². The van der Waals surface area contributed by atoms with Gasteiger partial charge in [-0.3, -0.25) is 9.79 Å². The van der Waals surface area contributed by atoms with Crippen molar-refractivity contribution in [2.24, 2.45) is 16.8 Å². The number of nitrogens with one attached hydrogen (secondary N) is 2. The Kier molecular flexibility index (Phi) is 9.94. The van der Waals surface area contributed by atoms with E-state index in [-0.39, 0.29) is 35.9 Å². The third-order valence-electron chi connectivity index (χ3n) is 7.10. The van der Waals surface area contributed by atoms with E-state index in [1.807, 2.05) is 6.07 Å². The molecule has 2 unspecified atom stereocenters. The van der Waals surface area contributed by atoms with E-state index in [1.54, 1.807) is 7.11 Å². The summed E-state index contributed by atoms with van der Waals surface area (Å²) >= 11 is 0. The average Bonchev–Trinajstić information content (AvgIpc) is 3.59. The molecule has 3 fully saturated rings. The molecule has 184 valence electrons. The Morgan fingerprint density at radius 2 is 1.97 bits per heavy atom. The van der Waals surface area contributed by atoms with Crippen molar-refractivity contribution in [1.82, 2.24) is 15.5 Å². The summed E-state index contributed by atoms with van der Waals surface area (Å²) in [5, 5.41) is 6.99. The highest BCUT2D eigenvalue weighted by atomic mass is 127. The SMILES string of the molecule is CCNC(=NCC1CCN(c2cccc(OC)c2)C1)NC1CCN(C(=O)C2CCCC2)C1.I. The van der Waals surface area contributed by atoms with Gasteiger partial charge in [0.15, 0.2) is 5.96 Å². The summed E-state index contributed by atoms with van der Waals surface area (Å²) in [5.74, 6) is 2.97. The summed E-state index contributed by atoms with van der Waals surface area (Å²) in [4.78, 5) is 22.1. The molecule has 0 radical (unpaired) electrons. The van der Waals surface area contributed by atoms with Crippen LogP contribution in [-0.4, -0.2) is 69.2 Å². The van der Waals surface area contributed by atoms with Crippen molar-refractivity contribution in [3.63, 3.8) is 0 Å². The molecule has 0 bridgehead atoms. The minimum atomic E-state index is 0. The number of amides is 1. The van der Waals surface area contributed by atoms with Crippen molar-refractivity contribution >= 4 is 41.5 Å². The lowest BCUT2D eigenvalue weighted by atomic mass is 10.1. The number of aliphatic imine (C=N–C) groups is 1. The molecular weight excluding hydrogens is 529 g/mol. The zero-order valence-electron chi connectivity index (χ0n) is 20.1. The van der Waals surface area contributed by atoms with Crippen molar-refractivity contribution < 1.29 is 9.53 Å². The molecule has 1 aromatic rings. The fourth-order valence-corrected chi connectivity index (χ4v) is 5.27. The number of likely N-dealkylation sites (tertiary alicyclic amines) is 1. The Labute approximate surface area is 215 Å². The molecule has 0 spiro atoms. The molecule has 1 aromatic carbocycles. The first-order chi connectivity index (χ1) is 15.7. The van der Waals surface area contributed by atoms with Crippen molar-refractivity contribution in [3.8, 4) is 5.75 Å². The number of ether oxygens (including phenoxy) is 1. The number of anilines is 1. The van der Waals surface area contributed by atoms with Gasteiger partial charge in [0.05, 0.1) is 7.11 Å². The van der Waals surface area contributed by atoms with E-state index in [0.717, 1.165) is 76.7 Å². The number of hydrogen-bond donors (Lipinski definition) is 2. The third-order valence-corrected chi connectivity index (χ3v) is 7.10. The fourth-order valence-electron chi connectivity index (χ4n) is 5.27. The second kappa shape index (κ2) is 12.7. The van der Waals surface area contributed by atoms with Crippen LogP contribution in [0.5, 0.6) is 5.75 Å². The molecule has 7 nitrogen and oxygen atoms in total. The zero-order valence-corrected chi connectivity index (χ0v) is 22.4. The van der Waals surface area contributed by atoms with Gasteiger partial charge in [0, 0.05) is 63.0 Å². The topological polar surface area (TPSA) is 69.2 Å². The summed E-state index contributed by atoms with van der Waals surface area (Å²) in [7, 11) is 1.71. The minimum Gasteiger partial charge on any atom is -0.497 e. The molecule has 8 heteroatoms. The molecule has 2 atom stereocenters. The lowest BCUT2D eigenvalue weighted by Gasteiger charge is -2.22. The van der Waals surface area contributed by atoms with E-state index in [0.29, 0.717) is 11.8 Å². The summed E-state index contributed by atoms with van der Waals surface area (Å²) in [6.07, 6.45) is 6.71. The number of hydrogen-bond acceptors (Lipinski definition) is 4. The molecular formula is C25H40IN5O2. The summed E-state index contributed by atoms with van der Waals surface area (Å²) in [5.41, 5.74) is 1.22. The predicted molar refractivity (Wildman–Crippen MR) is 145 cm³/mol. The monoisotopic (exact) mass is 569 g/mol. The quantitative estimate of drug-likeness (QED) is 0.299. The van der Waals surface area contributed by atoms with Gasteiger partial charge < -0.3 is 25.2 Å². The Morgan fingerprint density at radius 1 is 1.15 bits per heavy atom. The summed E-state index contributed by atoms with van der Waals surface area (Å²) in [6, 6.07) is 8.58. The van der Waals surface area contributed by atoms with Gasteiger partial charge in [0.2, 0.25) is 5.91 Å². The standard InChI is InChI=1S/C25H39N5O2.HI/c1-3-26-25(28-21-12-14-30(18-21)24(31)20-7-4-5-8-20)27-16-19-11-13-29(17-19)22-9-6-10-23(15-22)32-2;/h6,9-10,15,19-21H,3-5,7-8,11-14,16-18H2,1-2H3,(H2,26,27,28);1H. The number of benzene rings is 1. The van der Waals surface area contributed by atoms with Crippen LogP contribution in [0.25, 0.3) is 0 Å². The molecule has 0 aromatic heterocycles. The Morgan fingerprint density at radius 3 is 2.73 bits per heavy atom. The number of methoxy groups -OCH3 is 1. The van der Waals surface area contributed by atoms with Crippen molar-refractivity contribution in [1.29, 1.82) is 0 Å². The maximum absolute atomic E-state index is 12.7. The largest absolute Gasteiger partial charge is 0.497 e. The first-order valence-corrected chi connectivity index (χ1v) is 12.4. The van der Waals surface area contributed by atoms with Crippen LogP contribution in [0, 0.1) is 11.8 Å². The first kappa shape index (κ1) is 25.9.